The highest BCUT2D eigenvalue weighted by atomic mass is 32.1. The van der Waals surface area contributed by atoms with E-state index in [9.17, 15) is 0 Å². The average molecular weight is 569 g/mol. The van der Waals surface area contributed by atoms with Crippen LogP contribution in [0.2, 0.25) is 0 Å². The number of anilines is 4. The zero-order valence-electron chi connectivity index (χ0n) is 23.0. The number of methoxy groups -OCH3 is 2. The highest BCUT2D eigenvalue weighted by Gasteiger charge is 2.19. The van der Waals surface area contributed by atoms with Crippen molar-refractivity contribution in [3.05, 3.63) is 78.0 Å². The molecule has 11 nitrogen and oxygen atoms in total. The summed E-state index contributed by atoms with van der Waals surface area (Å²) in [7, 11) is 7.26. The molecular formula is C29H28N8O3S. The van der Waals surface area contributed by atoms with Crippen LogP contribution < -0.4 is 25.0 Å². The third-order valence-corrected chi connectivity index (χ3v) is 7.18. The quantitative estimate of drug-likeness (QED) is 0.206. The van der Waals surface area contributed by atoms with Gasteiger partial charge in [-0.3, -0.25) is 0 Å². The van der Waals surface area contributed by atoms with Crippen LogP contribution in [-0.4, -0.2) is 52.9 Å². The molecule has 0 atom stereocenters. The summed E-state index contributed by atoms with van der Waals surface area (Å²) in [5.41, 5.74) is 5.17. The van der Waals surface area contributed by atoms with Gasteiger partial charge >= 0.3 is 0 Å². The number of nitrogens with zero attached hydrogens (tertiary/aromatic N) is 6. The van der Waals surface area contributed by atoms with Crippen molar-refractivity contribution in [3.63, 3.8) is 0 Å². The van der Waals surface area contributed by atoms with Crippen LogP contribution in [0.1, 0.15) is 5.56 Å². The second kappa shape index (κ2) is 11.2. The van der Waals surface area contributed by atoms with Crippen LogP contribution in [0.3, 0.4) is 0 Å². The van der Waals surface area contributed by atoms with Crippen LogP contribution in [-0.2, 0) is 6.54 Å². The maximum atomic E-state index is 5.57. The molecule has 6 aromatic rings. The number of benzene rings is 2. The fraction of sp³-hybridized carbons (Fsp3) is 0.172. The van der Waals surface area contributed by atoms with E-state index in [-0.39, 0.29) is 0 Å². The van der Waals surface area contributed by atoms with E-state index in [4.69, 9.17) is 33.9 Å². The molecule has 4 heterocycles. The minimum absolute atomic E-state index is 0.452. The summed E-state index contributed by atoms with van der Waals surface area (Å²) in [6.07, 6.45) is 3.36. The lowest BCUT2D eigenvalue weighted by Gasteiger charge is -2.12. The molecule has 0 amide bonds. The summed E-state index contributed by atoms with van der Waals surface area (Å²) >= 11 is 1.51. The van der Waals surface area contributed by atoms with E-state index >= 15 is 0 Å². The summed E-state index contributed by atoms with van der Waals surface area (Å²) in [5, 5.41) is 14.2. The van der Waals surface area contributed by atoms with Crippen molar-refractivity contribution in [3.8, 4) is 34.3 Å². The molecule has 0 saturated heterocycles. The van der Waals surface area contributed by atoms with Crippen molar-refractivity contribution < 1.29 is 13.9 Å². The molecule has 0 spiro atoms. The Hall–Kier alpha value is -5.10. The molecular weight excluding hydrogens is 540 g/mol. The van der Waals surface area contributed by atoms with Crippen LogP contribution >= 0.6 is 11.3 Å². The molecule has 0 aliphatic rings. The third kappa shape index (κ3) is 5.37. The Morgan fingerprint density at radius 2 is 1.83 bits per heavy atom. The van der Waals surface area contributed by atoms with E-state index in [0.717, 1.165) is 33.3 Å². The summed E-state index contributed by atoms with van der Waals surface area (Å²) < 4.78 is 18.1. The number of hydrogen-bond donors (Lipinski definition) is 2. The molecule has 0 radical (unpaired) electrons. The van der Waals surface area contributed by atoms with E-state index in [2.05, 4.69) is 27.7 Å². The Balaban J connectivity index is 1.31. The van der Waals surface area contributed by atoms with Crippen molar-refractivity contribution in [2.24, 2.45) is 0 Å². The average Bonchev–Trinajstić information content (AvgIpc) is 3.77. The maximum absolute atomic E-state index is 5.57. The molecule has 0 fully saturated rings. The molecule has 0 aliphatic heterocycles. The second-order valence-electron chi connectivity index (χ2n) is 9.29. The van der Waals surface area contributed by atoms with Crippen LogP contribution in [0.4, 0.5) is 22.5 Å². The van der Waals surface area contributed by atoms with E-state index in [1.807, 2.05) is 55.9 Å². The van der Waals surface area contributed by atoms with Gasteiger partial charge in [0.05, 0.1) is 31.7 Å². The standard InChI is InChI=1S/C29H28N8O3S/c1-36(2)20-10-8-19(9-11-20)32-29-33-22(17-41-29)21-16-31-28(30-15-18-7-12-23(38-3)25(14-18)39-4)37-27(21)34-26(35-37)24-6-5-13-40-24/h5-14,16-17H,15H2,1-4H3,(H,30,31)(H,32,33). The van der Waals surface area contributed by atoms with E-state index < -0.39 is 0 Å². The molecule has 4 aromatic heterocycles. The first-order chi connectivity index (χ1) is 20.0. The van der Waals surface area contributed by atoms with Crippen molar-refractivity contribution in [1.82, 2.24) is 24.6 Å². The molecule has 2 N–H and O–H groups in total. The molecule has 0 bridgehead atoms. The van der Waals surface area contributed by atoms with Gasteiger partial charge in [0.2, 0.25) is 11.8 Å². The van der Waals surface area contributed by atoms with Gasteiger partial charge in [0.1, 0.15) is 0 Å². The summed E-state index contributed by atoms with van der Waals surface area (Å²) in [6.45, 7) is 0.481. The predicted molar refractivity (Wildman–Crippen MR) is 161 cm³/mol. The van der Waals surface area contributed by atoms with Crippen molar-refractivity contribution in [2.45, 2.75) is 6.54 Å². The Morgan fingerprint density at radius 1 is 1.00 bits per heavy atom. The van der Waals surface area contributed by atoms with Crippen LogP contribution in [0.25, 0.3) is 28.5 Å². The molecule has 0 unspecified atom stereocenters. The molecule has 0 aliphatic carbocycles. The third-order valence-electron chi connectivity index (χ3n) is 6.42. The van der Waals surface area contributed by atoms with Gasteiger partial charge in [-0.25, -0.2) is 15.0 Å². The number of nitrogens with one attached hydrogen (secondary N) is 2. The first-order valence-electron chi connectivity index (χ1n) is 12.8. The first-order valence-corrected chi connectivity index (χ1v) is 13.6. The number of ether oxygens (including phenoxy) is 2. The van der Waals surface area contributed by atoms with E-state index in [0.29, 0.717) is 41.2 Å². The lowest BCUT2D eigenvalue weighted by atomic mass is 10.2. The summed E-state index contributed by atoms with van der Waals surface area (Å²) in [6, 6.07) is 17.6. The van der Waals surface area contributed by atoms with Gasteiger partial charge in [-0.2, -0.15) is 4.52 Å². The number of rotatable bonds is 10. The molecule has 6 rings (SSSR count). The highest BCUT2D eigenvalue weighted by molar-refractivity contribution is 7.14. The van der Waals surface area contributed by atoms with Gasteiger partial charge < -0.3 is 29.4 Å². The number of fused-ring (bicyclic) bond motifs is 1. The van der Waals surface area contributed by atoms with E-state index in [1.54, 1.807) is 37.3 Å². The van der Waals surface area contributed by atoms with Gasteiger partial charge in [0.15, 0.2) is 28.0 Å². The van der Waals surface area contributed by atoms with Crippen LogP contribution in [0.5, 0.6) is 11.5 Å². The number of furan rings is 1. The fourth-order valence-electron chi connectivity index (χ4n) is 4.28. The Kier molecular flexibility index (Phi) is 7.13. The number of aromatic nitrogens is 5. The van der Waals surface area contributed by atoms with Crippen molar-refractivity contribution >= 4 is 39.4 Å². The zero-order chi connectivity index (χ0) is 28.3. The summed E-state index contributed by atoms with van der Waals surface area (Å²) in [4.78, 5) is 16.4. The van der Waals surface area contributed by atoms with Gasteiger partial charge in [0, 0.05) is 43.6 Å². The normalized spacial score (nSPS) is 11.0. The smallest absolute Gasteiger partial charge is 0.226 e. The zero-order valence-corrected chi connectivity index (χ0v) is 23.8. The molecule has 208 valence electrons. The van der Waals surface area contributed by atoms with Crippen molar-refractivity contribution in [2.75, 3.05) is 43.8 Å². The molecule has 12 heteroatoms. The SMILES string of the molecule is COc1ccc(CNc2ncc(-c3csc(Nc4ccc(N(C)C)cc4)n3)c3nc(-c4ccco4)nn23)cc1OC. The van der Waals surface area contributed by atoms with Crippen LogP contribution in [0, 0.1) is 0 Å². The monoisotopic (exact) mass is 568 g/mol. The fourth-order valence-corrected chi connectivity index (χ4v) is 5.01. The van der Waals surface area contributed by atoms with Gasteiger partial charge in [-0.15, -0.1) is 16.4 Å². The predicted octanol–water partition coefficient (Wildman–Crippen LogP) is 5.95. The van der Waals surface area contributed by atoms with Gasteiger partial charge in [0.25, 0.3) is 0 Å². The maximum Gasteiger partial charge on any atom is 0.226 e. The Morgan fingerprint density at radius 3 is 2.56 bits per heavy atom. The molecule has 2 aromatic carbocycles. The summed E-state index contributed by atoms with van der Waals surface area (Å²) in [5.74, 6) is 2.87. The number of thiazole rings is 1. The Labute approximate surface area is 240 Å². The van der Waals surface area contributed by atoms with Crippen molar-refractivity contribution in [1.29, 1.82) is 0 Å². The number of hydrogen-bond acceptors (Lipinski definition) is 11. The molecule has 0 saturated carbocycles. The minimum atomic E-state index is 0.452. The lowest BCUT2D eigenvalue weighted by Crippen LogP contribution is -2.08. The first kappa shape index (κ1) is 26.1. The topological polar surface area (TPSA) is 115 Å². The second-order valence-corrected chi connectivity index (χ2v) is 10.1. The van der Waals surface area contributed by atoms with Gasteiger partial charge in [-0.1, -0.05) is 6.07 Å². The largest absolute Gasteiger partial charge is 0.493 e. The van der Waals surface area contributed by atoms with E-state index in [1.165, 1.54) is 11.3 Å². The lowest BCUT2D eigenvalue weighted by molar-refractivity contribution is 0.354. The Bertz CT molecular complexity index is 1780. The molecule has 41 heavy (non-hydrogen) atoms. The highest BCUT2D eigenvalue weighted by Crippen LogP contribution is 2.32. The van der Waals surface area contributed by atoms with Gasteiger partial charge in [-0.05, 0) is 54.1 Å². The minimum Gasteiger partial charge on any atom is -0.493 e. The van der Waals surface area contributed by atoms with Crippen LogP contribution in [0.15, 0.2) is 76.9 Å².